The molecule has 2 fully saturated rings. The lowest BCUT2D eigenvalue weighted by molar-refractivity contribution is -0.136. The van der Waals surface area contributed by atoms with Crippen LogP contribution in [0.25, 0.3) is 0 Å². The maximum absolute atomic E-state index is 13.1. The Morgan fingerprint density at radius 2 is 1.96 bits per heavy atom. The van der Waals surface area contributed by atoms with E-state index in [4.69, 9.17) is 16.3 Å². The molecule has 0 radical (unpaired) electrons. The van der Waals surface area contributed by atoms with Crippen LogP contribution in [-0.2, 0) is 16.1 Å². The van der Waals surface area contributed by atoms with Gasteiger partial charge in [-0.25, -0.2) is 4.79 Å². The van der Waals surface area contributed by atoms with Crippen LogP contribution >= 0.6 is 11.6 Å². The number of rotatable bonds is 6. The zero-order chi connectivity index (χ0) is 20.5. The topological polar surface area (TPSA) is 78.9 Å². The molecule has 2 aliphatic rings. The first-order chi connectivity index (χ1) is 13.1. The lowest BCUT2D eigenvalue weighted by Gasteiger charge is -2.43. The molecule has 0 aromatic heterocycles. The van der Waals surface area contributed by atoms with Crippen molar-refractivity contribution in [1.82, 2.24) is 10.2 Å². The number of nitrogens with one attached hydrogen (secondary N) is 1. The number of carbonyl (C=O) groups is 2. The Kier molecular flexibility index (Phi) is 6.03. The number of carbonyl (C=O) groups excluding carboxylic acids is 2. The number of aliphatic hydroxyl groups excluding tert-OH is 1. The Hall–Kier alpha value is -1.63. The monoisotopic (exact) mass is 408 g/mol. The molecule has 1 aliphatic carbocycles. The average molecular weight is 409 g/mol. The Bertz CT molecular complexity index is 736. The van der Waals surface area contributed by atoms with Gasteiger partial charge in [-0.05, 0) is 48.3 Å². The standard InChI is InChI=1S/C21H29ClN2O4/c1-14-8-20(2,3)13-21(9-14)18(26)24(19(27)23-21)10-17(25)12-28-11-15-4-6-16(22)7-5-15/h4-7,14,17,25H,8-13H2,1-3H3,(H,23,27). The van der Waals surface area contributed by atoms with Gasteiger partial charge < -0.3 is 15.2 Å². The number of imide groups is 1. The van der Waals surface area contributed by atoms with Gasteiger partial charge in [0, 0.05) is 5.02 Å². The Balaban J connectivity index is 1.55. The van der Waals surface area contributed by atoms with Crippen LogP contribution in [0.2, 0.25) is 5.02 Å². The second-order valence-corrected chi connectivity index (χ2v) is 9.51. The van der Waals surface area contributed by atoms with Gasteiger partial charge in [0.15, 0.2) is 0 Å². The van der Waals surface area contributed by atoms with Crippen molar-refractivity contribution in [3.8, 4) is 0 Å². The van der Waals surface area contributed by atoms with Crippen LogP contribution in [0.1, 0.15) is 45.6 Å². The van der Waals surface area contributed by atoms with Crippen molar-refractivity contribution in [1.29, 1.82) is 0 Å². The summed E-state index contributed by atoms with van der Waals surface area (Å²) in [5, 5.41) is 13.9. The molecule has 6 nitrogen and oxygen atoms in total. The van der Waals surface area contributed by atoms with E-state index in [0.29, 0.717) is 30.4 Å². The predicted molar refractivity (Wildman–Crippen MR) is 107 cm³/mol. The molecule has 1 saturated carbocycles. The Morgan fingerprint density at radius 1 is 1.29 bits per heavy atom. The van der Waals surface area contributed by atoms with Crippen molar-refractivity contribution < 1.29 is 19.4 Å². The molecule has 1 saturated heterocycles. The van der Waals surface area contributed by atoms with E-state index >= 15 is 0 Å². The molecule has 3 unspecified atom stereocenters. The lowest BCUT2D eigenvalue weighted by atomic mass is 9.64. The smallest absolute Gasteiger partial charge is 0.325 e. The van der Waals surface area contributed by atoms with Gasteiger partial charge in [-0.3, -0.25) is 9.69 Å². The van der Waals surface area contributed by atoms with E-state index in [1.165, 1.54) is 0 Å². The van der Waals surface area contributed by atoms with E-state index in [1.54, 1.807) is 12.1 Å². The lowest BCUT2D eigenvalue weighted by Crippen LogP contribution is -2.54. The molecular formula is C21H29ClN2O4. The molecule has 1 aromatic rings. The molecule has 3 amide bonds. The first kappa shape index (κ1) is 21.1. The van der Waals surface area contributed by atoms with E-state index in [2.05, 4.69) is 26.1 Å². The van der Waals surface area contributed by atoms with E-state index in [1.807, 2.05) is 12.1 Å². The summed E-state index contributed by atoms with van der Waals surface area (Å²) in [4.78, 5) is 26.7. The van der Waals surface area contributed by atoms with Crippen LogP contribution < -0.4 is 5.32 Å². The van der Waals surface area contributed by atoms with Crippen molar-refractivity contribution in [3.05, 3.63) is 34.9 Å². The van der Waals surface area contributed by atoms with Gasteiger partial charge in [0.2, 0.25) is 0 Å². The molecule has 1 heterocycles. The highest BCUT2D eigenvalue weighted by Gasteiger charge is 2.56. The fourth-order valence-electron chi connectivity index (χ4n) is 4.83. The third-order valence-corrected chi connectivity index (χ3v) is 5.76. The van der Waals surface area contributed by atoms with Gasteiger partial charge in [0.25, 0.3) is 5.91 Å². The number of urea groups is 1. The number of benzene rings is 1. The maximum atomic E-state index is 13.1. The molecule has 3 atom stereocenters. The molecule has 1 aromatic carbocycles. The van der Waals surface area contributed by atoms with E-state index in [0.717, 1.165) is 16.9 Å². The summed E-state index contributed by atoms with van der Waals surface area (Å²) < 4.78 is 5.53. The number of nitrogens with zero attached hydrogens (tertiary/aromatic N) is 1. The van der Waals surface area contributed by atoms with Crippen molar-refractivity contribution in [2.24, 2.45) is 11.3 Å². The summed E-state index contributed by atoms with van der Waals surface area (Å²) >= 11 is 5.85. The molecular weight excluding hydrogens is 380 g/mol. The minimum absolute atomic E-state index is 0.0169. The highest BCUT2D eigenvalue weighted by Crippen LogP contribution is 2.46. The summed E-state index contributed by atoms with van der Waals surface area (Å²) in [5.74, 6) is 0.120. The van der Waals surface area contributed by atoms with Crippen LogP contribution in [0.15, 0.2) is 24.3 Å². The minimum Gasteiger partial charge on any atom is -0.389 e. The zero-order valence-corrected chi connectivity index (χ0v) is 17.5. The number of β-amino-alcohol motifs (C(OH)–C–C–N with tert-alkyl or cyclic N) is 1. The van der Waals surface area contributed by atoms with Gasteiger partial charge in [0.1, 0.15) is 5.54 Å². The van der Waals surface area contributed by atoms with Gasteiger partial charge in [-0.1, -0.05) is 44.5 Å². The molecule has 1 spiro atoms. The van der Waals surface area contributed by atoms with E-state index < -0.39 is 17.7 Å². The zero-order valence-electron chi connectivity index (χ0n) is 16.7. The van der Waals surface area contributed by atoms with Gasteiger partial charge >= 0.3 is 6.03 Å². The predicted octanol–water partition coefficient (Wildman–Crippen LogP) is 3.35. The number of hydrogen-bond acceptors (Lipinski definition) is 4. The van der Waals surface area contributed by atoms with Crippen molar-refractivity contribution in [2.45, 2.75) is 58.3 Å². The Labute approximate surface area is 171 Å². The average Bonchev–Trinajstić information content (AvgIpc) is 2.78. The maximum Gasteiger partial charge on any atom is 0.325 e. The number of amides is 3. The summed E-state index contributed by atoms with van der Waals surface area (Å²) in [6.07, 6.45) is 1.35. The quantitative estimate of drug-likeness (QED) is 0.707. The fourth-order valence-corrected chi connectivity index (χ4v) is 4.95. The van der Waals surface area contributed by atoms with Gasteiger partial charge in [0.05, 0.1) is 25.9 Å². The summed E-state index contributed by atoms with van der Waals surface area (Å²) in [6.45, 7) is 6.67. The van der Waals surface area contributed by atoms with Crippen LogP contribution in [0.5, 0.6) is 0 Å². The van der Waals surface area contributed by atoms with Crippen LogP contribution in [0.4, 0.5) is 4.79 Å². The second kappa shape index (κ2) is 8.01. The molecule has 2 N–H and O–H groups in total. The largest absolute Gasteiger partial charge is 0.389 e. The van der Waals surface area contributed by atoms with Crippen molar-refractivity contribution in [3.63, 3.8) is 0 Å². The Morgan fingerprint density at radius 3 is 2.61 bits per heavy atom. The number of ether oxygens (including phenoxy) is 1. The summed E-state index contributed by atoms with van der Waals surface area (Å²) in [7, 11) is 0. The van der Waals surface area contributed by atoms with Crippen molar-refractivity contribution in [2.75, 3.05) is 13.2 Å². The number of hydrogen-bond donors (Lipinski definition) is 2. The molecule has 28 heavy (non-hydrogen) atoms. The number of halogens is 1. The third kappa shape index (κ3) is 4.67. The normalized spacial score (nSPS) is 27.9. The van der Waals surface area contributed by atoms with Gasteiger partial charge in [-0.15, -0.1) is 0 Å². The molecule has 3 rings (SSSR count). The first-order valence-corrected chi connectivity index (χ1v) is 10.1. The third-order valence-electron chi connectivity index (χ3n) is 5.51. The highest BCUT2D eigenvalue weighted by atomic mass is 35.5. The fraction of sp³-hybridized carbons (Fsp3) is 0.619. The van der Waals surface area contributed by atoms with Crippen molar-refractivity contribution >= 4 is 23.5 Å². The molecule has 7 heteroatoms. The van der Waals surface area contributed by atoms with E-state index in [-0.39, 0.29) is 24.5 Å². The molecule has 0 bridgehead atoms. The molecule has 154 valence electrons. The van der Waals surface area contributed by atoms with Gasteiger partial charge in [-0.2, -0.15) is 0 Å². The second-order valence-electron chi connectivity index (χ2n) is 9.08. The number of aliphatic hydroxyl groups is 1. The minimum atomic E-state index is -0.939. The first-order valence-electron chi connectivity index (χ1n) is 9.75. The summed E-state index contributed by atoms with van der Waals surface area (Å²) in [6, 6.07) is 6.82. The SMILES string of the molecule is CC1CC(C)(C)CC2(C1)NC(=O)N(CC(O)COCc1ccc(Cl)cc1)C2=O. The van der Waals surface area contributed by atoms with E-state index in [9.17, 15) is 14.7 Å². The van der Waals surface area contributed by atoms with Crippen LogP contribution in [0, 0.1) is 11.3 Å². The summed E-state index contributed by atoms with van der Waals surface area (Å²) in [5.41, 5.74) is 0.0722. The van der Waals surface area contributed by atoms with Crippen LogP contribution in [-0.4, -0.2) is 46.7 Å². The van der Waals surface area contributed by atoms with Crippen LogP contribution in [0.3, 0.4) is 0 Å². The molecule has 1 aliphatic heterocycles. The highest BCUT2D eigenvalue weighted by molar-refractivity contribution is 6.30.